The summed E-state index contributed by atoms with van der Waals surface area (Å²) in [7, 11) is 1.25. The Labute approximate surface area is 125 Å². The molecule has 0 aliphatic heterocycles. The molecule has 0 heterocycles. The largest absolute Gasteiger partial charge is 0.466 e. The molecule has 0 fully saturated rings. The number of hydrogen-bond donors (Lipinski definition) is 0. The zero-order chi connectivity index (χ0) is 16.0. The fourth-order valence-electron chi connectivity index (χ4n) is 1.94. The number of hydrogen-bond acceptors (Lipinski definition) is 4. The molecule has 21 heavy (non-hydrogen) atoms. The van der Waals surface area contributed by atoms with Crippen LogP contribution in [-0.4, -0.2) is 19.0 Å². The molecule has 0 amide bonds. The summed E-state index contributed by atoms with van der Waals surface area (Å²) in [5, 5.41) is 0. The maximum Gasteiger partial charge on any atom is 0.336 e. The van der Waals surface area contributed by atoms with Crippen molar-refractivity contribution in [3.8, 4) is 5.75 Å². The Morgan fingerprint density at radius 1 is 0.952 bits per heavy atom. The number of para-hydroxylation sites is 1. The van der Waals surface area contributed by atoms with Crippen molar-refractivity contribution >= 4 is 11.9 Å². The van der Waals surface area contributed by atoms with Gasteiger partial charge in [-0.2, -0.15) is 0 Å². The zero-order valence-electron chi connectivity index (χ0n) is 13.2. The van der Waals surface area contributed by atoms with Crippen LogP contribution in [0.1, 0.15) is 50.7 Å². The second-order valence-corrected chi connectivity index (χ2v) is 5.35. The van der Waals surface area contributed by atoms with E-state index in [-0.39, 0.29) is 11.8 Å². The molecule has 0 bridgehead atoms. The molecule has 0 radical (unpaired) electrons. The number of methoxy groups -OCH3 is 1. The van der Waals surface area contributed by atoms with E-state index in [9.17, 15) is 9.59 Å². The molecule has 1 aromatic rings. The molecule has 4 heteroatoms. The lowest BCUT2D eigenvalue weighted by Crippen LogP contribution is -2.10. The minimum Gasteiger partial charge on any atom is -0.466 e. The second kappa shape index (κ2) is 7.62. The SMILES string of the molecule is COC(=O)/C=C/C(=O)Oc1c(C(C)C)cccc1C(C)C. The van der Waals surface area contributed by atoms with Crippen molar-refractivity contribution in [3.05, 3.63) is 41.5 Å². The second-order valence-electron chi connectivity index (χ2n) is 5.35. The molecule has 0 saturated heterocycles. The van der Waals surface area contributed by atoms with Gasteiger partial charge in [0, 0.05) is 12.2 Å². The third-order valence-electron chi connectivity index (χ3n) is 3.08. The summed E-state index contributed by atoms with van der Waals surface area (Å²) in [4.78, 5) is 22.9. The maximum atomic E-state index is 11.9. The van der Waals surface area contributed by atoms with Crippen molar-refractivity contribution < 1.29 is 19.1 Å². The van der Waals surface area contributed by atoms with Gasteiger partial charge in [0.2, 0.25) is 0 Å². The summed E-state index contributed by atoms with van der Waals surface area (Å²) in [6.07, 6.45) is 2.13. The Bertz CT molecular complexity index is 515. The highest BCUT2D eigenvalue weighted by atomic mass is 16.5. The molecular weight excluding hydrogens is 268 g/mol. The van der Waals surface area contributed by atoms with Gasteiger partial charge in [-0.15, -0.1) is 0 Å². The first kappa shape index (κ1) is 17.0. The highest BCUT2D eigenvalue weighted by Gasteiger charge is 2.17. The van der Waals surface area contributed by atoms with Gasteiger partial charge < -0.3 is 9.47 Å². The topological polar surface area (TPSA) is 52.6 Å². The van der Waals surface area contributed by atoms with Gasteiger partial charge in [0.1, 0.15) is 5.75 Å². The van der Waals surface area contributed by atoms with Crippen LogP contribution in [-0.2, 0) is 14.3 Å². The van der Waals surface area contributed by atoms with E-state index in [2.05, 4.69) is 4.74 Å². The van der Waals surface area contributed by atoms with Crippen LogP contribution in [0.3, 0.4) is 0 Å². The fourth-order valence-corrected chi connectivity index (χ4v) is 1.94. The third-order valence-corrected chi connectivity index (χ3v) is 3.08. The molecular formula is C17H22O4. The molecule has 4 nitrogen and oxygen atoms in total. The van der Waals surface area contributed by atoms with E-state index in [1.165, 1.54) is 7.11 Å². The summed E-state index contributed by atoms with van der Waals surface area (Å²) in [5.41, 5.74) is 1.95. The zero-order valence-corrected chi connectivity index (χ0v) is 13.2. The quantitative estimate of drug-likeness (QED) is 0.472. The number of rotatable bonds is 5. The Kier molecular flexibility index (Phi) is 6.15. The Hall–Kier alpha value is -2.10. The molecule has 0 atom stereocenters. The number of ether oxygens (including phenoxy) is 2. The fraction of sp³-hybridized carbons (Fsp3) is 0.412. The van der Waals surface area contributed by atoms with Crippen LogP contribution in [0.25, 0.3) is 0 Å². The Balaban J connectivity index is 3.08. The van der Waals surface area contributed by atoms with Crippen molar-refractivity contribution in [1.82, 2.24) is 0 Å². The van der Waals surface area contributed by atoms with Crippen LogP contribution >= 0.6 is 0 Å². The van der Waals surface area contributed by atoms with Crippen LogP contribution in [0.2, 0.25) is 0 Å². The first-order valence-corrected chi connectivity index (χ1v) is 6.97. The molecule has 0 unspecified atom stereocenters. The highest BCUT2D eigenvalue weighted by molar-refractivity contribution is 5.92. The molecule has 0 aromatic heterocycles. The van der Waals surface area contributed by atoms with E-state index in [4.69, 9.17) is 4.74 Å². The third kappa shape index (κ3) is 4.74. The normalized spacial score (nSPS) is 11.2. The average Bonchev–Trinajstić information content (AvgIpc) is 2.44. The predicted octanol–water partition coefficient (Wildman–Crippen LogP) is 3.57. The number of carbonyl (C=O) groups excluding carboxylic acids is 2. The van der Waals surface area contributed by atoms with Crippen molar-refractivity contribution in [1.29, 1.82) is 0 Å². The minimum absolute atomic E-state index is 0.232. The number of benzene rings is 1. The van der Waals surface area contributed by atoms with Crippen molar-refractivity contribution in [2.24, 2.45) is 0 Å². The summed E-state index contributed by atoms with van der Waals surface area (Å²) in [6.45, 7) is 8.17. The molecule has 0 spiro atoms. The molecule has 0 aliphatic rings. The summed E-state index contributed by atoms with van der Waals surface area (Å²) >= 11 is 0. The predicted molar refractivity (Wildman–Crippen MR) is 81.4 cm³/mol. The van der Waals surface area contributed by atoms with Crippen LogP contribution in [0, 0.1) is 0 Å². The number of esters is 2. The highest BCUT2D eigenvalue weighted by Crippen LogP contribution is 2.34. The molecule has 1 rings (SSSR count). The van der Waals surface area contributed by atoms with Crippen LogP contribution in [0.5, 0.6) is 5.75 Å². The first-order valence-electron chi connectivity index (χ1n) is 6.97. The first-order chi connectivity index (χ1) is 9.86. The Morgan fingerprint density at radius 3 is 1.86 bits per heavy atom. The lowest BCUT2D eigenvalue weighted by molar-refractivity contribution is -0.135. The van der Waals surface area contributed by atoms with Gasteiger partial charge in [-0.1, -0.05) is 45.9 Å². The smallest absolute Gasteiger partial charge is 0.336 e. The molecule has 114 valence electrons. The van der Waals surface area contributed by atoms with Crippen molar-refractivity contribution in [3.63, 3.8) is 0 Å². The van der Waals surface area contributed by atoms with Crippen LogP contribution in [0.15, 0.2) is 30.4 Å². The lowest BCUT2D eigenvalue weighted by atomic mass is 9.94. The minimum atomic E-state index is -0.590. The van der Waals surface area contributed by atoms with E-state index in [1.807, 2.05) is 45.9 Å². The number of carbonyl (C=O) groups is 2. The maximum absolute atomic E-state index is 11.9. The van der Waals surface area contributed by atoms with Gasteiger partial charge >= 0.3 is 11.9 Å². The standard InChI is InChI=1S/C17H22O4/c1-11(2)13-7-6-8-14(12(3)4)17(13)21-16(19)10-9-15(18)20-5/h6-12H,1-5H3/b10-9+. The van der Waals surface area contributed by atoms with Gasteiger partial charge in [-0.05, 0) is 23.0 Å². The van der Waals surface area contributed by atoms with E-state index >= 15 is 0 Å². The summed E-state index contributed by atoms with van der Waals surface area (Å²) in [5.74, 6) is -0.127. The van der Waals surface area contributed by atoms with Crippen molar-refractivity contribution in [2.45, 2.75) is 39.5 Å². The lowest BCUT2D eigenvalue weighted by Gasteiger charge is -2.18. The van der Waals surface area contributed by atoms with E-state index in [1.54, 1.807) is 0 Å². The molecule has 1 aromatic carbocycles. The summed E-state index contributed by atoms with van der Waals surface area (Å²) in [6, 6.07) is 5.86. The van der Waals surface area contributed by atoms with E-state index in [0.717, 1.165) is 23.3 Å². The van der Waals surface area contributed by atoms with Gasteiger partial charge in [0.25, 0.3) is 0 Å². The molecule has 0 saturated carbocycles. The molecule has 0 N–H and O–H groups in total. The van der Waals surface area contributed by atoms with Gasteiger partial charge in [0.15, 0.2) is 0 Å². The summed E-state index contributed by atoms with van der Waals surface area (Å²) < 4.78 is 9.90. The average molecular weight is 290 g/mol. The van der Waals surface area contributed by atoms with Gasteiger partial charge in [-0.25, -0.2) is 9.59 Å². The molecule has 0 aliphatic carbocycles. The van der Waals surface area contributed by atoms with E-state index in [0.29, 0.717) is 5.75 Å². The van der Waals surface area contributed by atoms with Gasteiger partial charge in [0.05, 0.1) is 7.11 Å². The van der Waals surface area contributed by atoms with Crippen LogP contribution < -0.4 is 4.74 Å². The van der Waals surface area contributed by atoms with Gasteiger partial charge in [-0.3, -0.25) is 0 Å². The van der Waals surface area contributed by atoms with E-state index < -0.39 is 11.9 Å². The van der Waals surface area contributed by atoms with Crippen molar-refractivity contribution in [2.75, 3.05) is 7.11 Å². The Morgan fingerprint density at radius 2 is 1.43 bits per heavy atom. The van der Waals surface area contributed by atoms with Crippen LogP contribution in [0.4, 0.5) is 0 Å². The monoisotopic (exact) mass is 290 g/mol.